The number of rotatable bonds is 1. The van der Waals surface area contributed by atoms with Gasteiger partial charge in [0.1, 0.15) is 5.52 Å². The van der Waals surface area contributed by atoms with Crippen LogP contribution in [-0.4, -0.2) is 11.2 Å². The highest BCUT2D eigenvalue weighted by atomic mass is 35.5. The van der Waals surface area contributed by atoms with Crippen LogP contribution in [0.4, 0.5) is 0 Å². The van der Waals surface area contributed by atoms with Gasteiger partial charge in [0, 0.05) is 0 Å². The van der Waals surface area contributed by atoms with E-state index in [4.69, 9.17) is 16.0 Å². The second kappa shape index (κ2) is 2.99. The Labute approximate surface area is 78.9 Å². The lowest BCUT2D eigenvalue weighted by Crippen LogP contribution is -1.70. The van der Waals surface area contributed by atoms with Crippen molar-refractivity contribution >= 4 is 34.5 Å². The summed E-state index contributed by atoms with van der Waals surface area (Å²) in [5.41, 5.74) is 1.59. The predicted molar refractivity (Wildman–Crippen MR) is 50.8 cm³/mol. The molecule has 0 fully saturated rings. The first-order chi connectivity index (χ1) is 5.81. The summed E-state index contributed by atoms with van der Waals surface area (Å²) in [6.45, 7) is 0. The van der Waals surface area contributed by atoms with Crippen LogP contribution in [0.1, 0.15) is 0 Å². The van der Waals surface area contributed by atoms with Gasteiger partial charge in [0.2, 0.25) is 0 Å². The maximum Gasteiger partial charge on any atom is 0.293 e. The third kappa shape index (κ3) is 1.19. The van der Waals surface area contributed by atoms with Gasteiger partial charge in [-0.3, -0.25) is 0 Å². The van der Waals surface area contributed by atoms with E-state index >= 15 is 0 Å². The summed E-state index contributed by atoms with van der Waals surface area (Å²) in [7, 11) is 0. The van der Waals surface area contributed by atoms with E-state index in [1.165, 1.54) is 0 Å². The fourth-order valence-electron chi connectivity index (χ4n) is 1.06. The summed E-state index contributed by atoms with van der Waals surface area (Å²) in [5.74, 6) is 0. The highest BCUT2D eigenvalue weighted by molar-refractivity contribution is 7.98. The molecule has 0 spiro atoms. The molecule has 2 nitrogen and oxygen atoms in total. The van der Waals surface area contributed by atoms with E-state index < -0.39 is 0 Å². The summed E-state index contributed by atoms with van der Waals surface area (Å²) >= 11 is 7.24. The molecule has 2 rings (SSSR count). The van der Waals surface area contributed by atoms with Gasteiger partial charge in [0.05, 0.1) is 4.90 Å². The van der Waals surface area contributed by atoms with Gasteiger partial charge in [-0.2, -0.15) is 4.98 Å². The zero-order valence-corrected chi connectivity index (χ0v) is 7.95. The molecule has 0 aliphatic rings. The molecule has 0 bridgehead atoms. The number of hydrogen-bond acceptors (Lipinski definition) is 3. The highest BCUT2D eigenvalue weighted by Crippen LogP contribution is 2.28. The number of aromatic nitrogens is 1. The fourth-order valence-corrected chi connectivity index (χ4v) is 1.77. The molecule has 1 aromatic carbocycles. The van der Waals surface area contributed by atoms with Crippen molar-refractivity contribution in [1.82, 2.24) is 4.98 Å². The number of fused-ring (bicyclic) bond motifs is 1. The number of nitrogens with zero attached hydrogens (tertiary/aromatic N) is 1. The first kappa shape index (κ1) is 7.95. The van der Waals surface area contributed by atoms with Crippen molar-refractivity contribution in [3.05, 3.63) is 23.5 Å². The number of para-hydroxylation sites is 1. The minimum Gasteiger partial charge on any atom is -0.426 e. The van der Waals surface area contributed by atoms with Crippen molar-refractivity contribution in [2.45, 2.75) is 4.90 Å². The minimum atomic E-state index is 0.200. The summed E-state index contributed by atoms with van der Waals surface area (Å²) in [4.78, 5) is 5.07. The van der Waals surface area contributed by atoms with Gasteiger partial charge >= 0.3 is 0 Å². The van der Waals surface area contributed by atoms with Gasteiger partial charge in [0.25, 0.3) is 5.35 Å². The van der Waals surface area contributed by atoms with E-state index in [2.05, 4.69) is 4.98 Å². The number of benzene rings is 1. The molecule has 0 atom stereocenters. The first-order valence-electron chi connectivity index (χ1n) is 3.40. The number of hydrogen-bond donors (Lipinski definition) is 0. The number of oxazole rings is 1. The molecule has 12 heavy (non-hydrogen) atoms. The summed E-state index contributed by atoms with van der Waals surface area (Å²) < 4.78 is 5.22. The molecule has 0 radical (unpaired) electrons. The Morgan fingerprint density at radius 1 is 1.50 bits per heavy atom. The van der Waals surface area contributed by atoms with Crippen LogP contribution in [0, 0.1) is 0 Å². The lowest BCUT2D eigenvalue weighted by Gasteiger charge is -1.93. The molecule has 0 aliphatic heterocycles. The van der Waals surface area contributed by atoms with E-state index in [0.717, 1.165) is 16.0 Å². The Morgan fingerprint density at radius 3 is 3.08 bits per heavy atom. The van der Waals surface area contributed by atoms with E-state index in [1.54, 1.807) is 11.8 Å². The molecule has 4 heteroatoms. The van der Waals surface area contributed by atoms with Crippen LogP contribution in [0.2, 0.25) is 5.35 Å². The summed E-state index contributed by atoms with van der Waals surface area (Å²) in [6, 6.07) is 5.80. The lowest BCUT2D eigenvalue weighted by molar-refractivity contribution is 0.598. The Balaban J connectivity index is 2.78. The Bertz CT molecular complexity index is 412. The maximum atomic E-state index is 5.62. The van der Waals surface area contributed by atoms with Crippen molar-refractivity contribution in [3.63, 3.8) is 0 Å². The standard InChI is InChI=1S/C8H6ClNOS/c1-12-6-4-2-3-5-7(6)11-8(9)10-5/h2-4H,1H3. The van der Waals surface area contributed by atoms with E-state index in [9.17, 15) is 0 Å². The minimum absolute atomic E-state index is 0.200. The van der Waals surface area contributed by atoms with E-state index in [-0.39, 0.29) is 5.35 Å². The van der Waals surface area contributed by atoms with Gasteiger partial charge in [-0.1, -0.05) is 6.07 Å². The maximum absolute atomic E-state index is 5.62. The fraction of sp³-hybridized carbons (Fsp3) is 0.125. The first-order valence-corrected chi connectivity index (χ1v) is 5.00. The van der Waals surface area contributed by atoms with Crippen LogP contribution in [0.3, 0.4) is 0 Å². The van der Waals surface area contributed by atoms with Crippen LogP contribution < -0.4 is 0 Å². The molecule has 0 amide bonds. The summed E-state index contributed by atoms with van der Waals surface area (Å²) in [5, 5.41) is 0.200. The normalized spacial score (nSPS) is 10.8. The van der Waals surface area contributed by atoms with Crippen molar-refractivity contribution < 1.29 is 4.42 Å². The van der Waals surface area contributed by atoms with Crippen molar-refractivity contribution in [1.29, 1.82) is 0 Å². The average Bonchev–Trinajstić information content (AvgIpc) is 2.44. The quantitative estimate of drug-likeness (QED) is 0.660. The molecule has 0 saturated heterocycles. The Morgan fingerprint density at radius 2 is 2.33 bits per heavy atom. The van der Waals surface area contributed by atoms with Crippen LogP contribution >= 0.6 is 23.4 Å². The molecule has 0 aliphatic carbocycles. The lowest BCUT2D eigenvalue weighted by atomic mass is 10.3. The SMILES string of the molecule is CSc1cccc2nc(Cl)oc12. The number of thioether (sulfide) groups is 1. The predicted octanol–water partition coefficient (Wildman–Crippen LogP) is 3.20. The molecular formula is C8H6ClNOS. The largest absolute Gasteiger partial charge is 0.426 e. The zero-order valence-electron chi connectivity index (χ0n) is 6.37. The third-order valence-electron chi connectivity index (χ3n) is 1.57. The third-order valence-corrected chi connectivity index (χ3v) is 2.50. The van der Waals surface area contributed by atoms with Crippen molar-refractivity contribution in [2.75, 3.05) is 6.26 Å². The second-order valence-corrected chi connectivity index (χ2v) is 3.45. The van der Waals surface area contributed by atoms with Crippen LogP contribution in [0.15, 0.2) is 27.5 Å². The van der Waals surface area contributed by atoms with E-state index in [0.29, 0.717) is 0 Å². The van der Waals surface area contributed by atoms with E-state index in [1.807, 2.05) is 24.5 Å². The second-order valence-electron chi connectivity index (χ2n) is 2.28. The van der Waals surface area contributed by atoms with Gasteiger partial charge in [0.15, 0.2) is 5.58 Å². The van der Waals surface area contributed by atoms with Crippen molar-refractivity contribution in [3.8, 4) is 0 Å². The molecule has 0 unspecified atom stereocenters. The van der Waals surface area contributed by atoms with Gasteiger partial charge < -0.3 is 4.42 Å². The van der Waals surface area contributed by atoms with Crippen LogP contribution in [0.5, 0.6) is 0 Å². The molecule has 0 saturated carbocycles. The Kier molecular flexibility index (Phi) is 1.98. The molecular weight excluding hydrogens is 194 g/mol. The molecule has 2 aromatic rings. The smallest absolute Gasteiger partial charge is 0.293 e. The van der Waals surface area contributed by atoms with Crippen LogP contribution in [-0.2, 0) is 0 Å². The van der Waals surface area contributed by atoms with Crippen LogP contribution in [0.25, 0.3) is 11.1 Å². The molecule has 1 aromatic heterocycles. The average molecular weight is 200 g/mol. The zero-order chi connectivity index (χ0) is 8.55. The van der Waals surface area contributed by atoms with Crippen molar-refractivity contribution in [2.24, 2.45) is 0 Å². The molecule has 0 N–H and O–H groups in total. The van der Waals surface area contributed by atoms with Gasteiger partial charge in [-0.15, -0.1) is 11.8 Å². The Hall–Kier alpha value is -0.670. The van der Waals surface area contributed by atoms with Gasteiger partial charge in [-0.05, 0) is 30.0 Å². The topological polar surface area (TPSA) is 26.0 Å². The molecule has 1 heterocycles. The molecule has 62 valence electrons. The van der Waals surface area contributed by atoms with Gasteiger partial charge in [-0.25, -0.2) is 0 Å². The summed E-state index contributed by atoms with van der Waals surface area (Å²) in [6.07, 6.45) is 1.99. The highest BCUT2D eigenvalue weighted by Gasteiger charge is 2.06. The number of halogens is 1. The monoisotopic (exact) mass is 199 g/mol.